The molecule has 0 bridgehead atoms. The molecule has 3 unspecified atom stereocenters. The maximum Gasteiger partial charge on any atom is 0.134 e. The van der Waals surface area contributed by atoms with Gasteiger partial charge in [0.1, 0.15) is 11.3 Å². The third-order valence-electron chi connectivity index (χ3n) is 12.6. The summed E-state index contributed by atoms with van der Waals surface area (Å²) in [5, 5.41) is 6.46. The molecule has 0 spiro atoms. The van der Waals surface area contributed by atoms with Gasteiger partial charge in [0.25, 0.3) is 0 Å². The van der Waals surface area contributed by atoms with E-state index in [1.165, 1.54) is 81.1 Å². The maximum atomic E-state index is 6.35. The fraction of sp³-hybridized carbons (Fsp3) is 0.111. The summed E-state index contributed by atoms with van der Waals surface area (Å²) in [6.07, 6.45) is 22.0. The molecule has 12 rings (SSSR count). The van der Waals surface area contributed by atoms with Crippen molar-refractivity contribution in [3.63, 3.8) is 0 Å². The second-order valence-corrected chi connectivity index (χ2v) is 17.0. The van der Waals surface area contributed by atoms with Crippen LogP contribution in [0.15, 0.2) is 198 Å². The van der Waals surface area contributed by atoms with Gasteiger partial charge in [0.05, 0.1) is 22.8 Å². The number of aromatic nitrogens is 1. The van der Waals surface area contributed by atoms with E-state index in [1.807, 2.05) is 11.3 Å². The van der Waals surface area contributed by atoms with E-state index >= 15 is 0 Å². The van der Waals surface area contributed by atoms with E-state index in [0.717, 1.165) is 30.6 Å². The average Bonchev–Trinajstić information content (AvgIpc) is 3.97. The van der Waals surface area contributed by atoms with Crippen LogP contribution < -0.4 is 4.90 Å². The van der Waals surface area contributed by atoms with Crippen LogP contribution in [-0.4, -0.2) is 10.6 Å². The molecule has 0 radical (unpaired) electrons. The van der Waals surface area contributed by atoms with Crippen molar-refractivity contribution in [2.24, 2.45) is 5.92 Å². The number of benzene rings is 6. The van der Waals surface area contributed by atoms with Crippen LogP contribution >= 0.6 is 11.3 Å². The topological polar surface area (TPSA) is 21.3 Å². The SMILES string of the molecule is C1=CC(N(C2=CCC(c3ccc4c5ccccc5n(-c5ccccc5)c4c3)C=C2)c2cccc3sc4ccccc4c23)CC=C1C1C=Cc2c(oc3ccccc23)C1. The second-order valence-electron chi connectivity index (χ2n) is 15.9. The van der Waals surface area contributed by atoms with E-state index in [-0.39, 0.29) is 12.0 Å². The number of thiophene rings is 1. The van der Waals surface area contributed by atoms with E-state index in [1.54, 1.807) is 0 Å². The van der Waals surface area contributed by atoms with Gasteiger partial charge in [-0.15, -0.1) is 11.3 Å². The monoisotopic (exact) mass is 764 g/mol. The van der Waals surface area contributed by atoms with E-state index in [4.69, 9.17) is 4.42 Å². The predicted octanol–water partition coefficient (Wildman–Crippen LogP) is 14.5. The van der Waals surface area contributed by atoms with E-state index < -0.39 is 0 Å². The molecule has 4 heteroatoms. The third kappa shape index (κ3) is 5.39. The number of para-hydroxylation sites is 3. The Balaban J connectivity index is 0.894. The molecule has 6 aromatic carbocycles. The van der Waals surface area contributed by atoms with Crippen molar-refractivity contribution >= 4 is 76.0 Å². The first-order valence-corrected chi connectivity index (χ1v) is 21.3. The molecule has 278 valence electrons. The zero-order valence-electron chi connectivity index (χ0n) is 32.0. The van der Waals surface area contributed by atoms with E-state index in [9.17, 15) is 0 Å². The van der Waals surface area contributed by atoms with Crippen molar-refractivity contribution in [1.29, 1.82) is 0 Å². The lowest BCUT2D eigenvalue weighted by atomic mass is 9.84. The number of fused-ring (bicyclic) bond motifs is 9. The molecule has 3 aliphatic carbocycles. The highest BCUT2D eigenvalue weighted by Crippen LogP contribution is 2.44. The highest BCUT2D eigenvalue weighted by atomic mass is 32.1. The van der Waals surface area contributed by atoms with Crippen LogP contribution in [0.5, 0.6) is 0 Å². The zero-order chi connectivity index (χ0) is 38.2. The van der Waals surface area contributed by atoms with Gasteiger partial charge < -0.3 is 13.9 Å². The Morgan fingerprint density at radius 3 is 2.22 bits per heavy atom. The van der Waals surface area contributed by atoms with Crippen LogP contribution in [0.4, 0.5) is 5.69 Å². The Hall–Kier alpha value is -6.62. The van der Waals surface area contributed by atoms with Gasteiger partial charge in [-0.3, -0.25) is 0 Å². The summed E-state index contributed by atoms with van der Waals surface area (Å²) in [5.74, 6) is 1.68. The van der Waals surface area contributed by atoms with Crippen molar-refractivity contribution in [3.8, 4) is 5.69 Å². The molecule has 3 heterocycles. The first kappa shape index (κ1) is 33.5. The summed E-state index contributed by atoms with van der Waals surface area (Å²) >= 11 is 1.89. The summed E-state index contributed by atoms with van der Waals surface area (Å²) < 4.78 is 11.4. The lowest BCUT2D eigenvalue weighted by molar-refractivity contribution is 0.521. The van der Waals surface area contributed by atoms with Crippen LogP contribution in [0.2, 0.25) is 0 Å². The van der Waals surface area contributed by atoms with Crippen LogP contribution in [0.25, 0.3) is 64.7 Å². The summed E-state index contributed by atoms with van der Waals surface area (Å²) in [5.41, 5.74) is 11.1. The summed E-state index contributed by atoms with van der Waals surface area (Å²) in [4.78, 5) is 2.61. The minimum Gasteiger partial charge on any atom is -0.460 e. The molecule has 3 aromatic heterocycles. The average molecular weight is 765 g/mol. The summed E-state index contributed by atoms with van der Waals surface area (Å²) in [7, 11) is 0. The molecule has 0 N–H and O–H groups in total. The lowest BCUT2D eigenvalue weighted by Gasteiger charge is -2.36. The lowest BCUT2D eigenvalue weighted by Crippen LogP contribution is -2.34. The molecule has 0 fully saturated rings. The van der Waals surface area contributed by atoms with Gasteiger partial charge in [-0.2, -0.15) is 0 Å². The smallest absolute Gasteiger partial charge is 0.134 e. The number of rotatable bonds is 6. The van der Waals surface area contributed by atoms with Crippen molar-refractivity contribution in [1.82, 2.24) is 4.57 Å². The molecule has 3 aliphatic rings. The highest BCUT2D eigenvalue weighted by molar-refractivity contribution is 7.26. The van der Waals surface area contributed by atoms with E-state index in [2.05, 4.69) is 198 Å². The van der Waals surface area contributed by atoms with Crippen molar-refractivity contribution < 1.29 is 4.42 Å². The van der Waals surface area contributed by atoms with Crippen LogP contribution in [0.1, 0.15) is 35.6 Å². The van der Waals surface area contributed by atoms with Crippen molar-refractivity contribution in [2.75, 3.05) is 4.90 Å². The van der Waals surface area contributed by atoms with Gasteiger partial charge in [0.15, 0.2) is 0 Å². The van der Waals surface area contributed by atoms with Gasteiger partial charge in [-0.25, -0.2) is 0 Å². The fourth-order valence-electron chi connectivity index (χ4n) is 9.83. The number of nitrogens with zero attached hydrogens (tertiary/aromatic N) is 2. The largest absolute Gasteiger partial charge is 0.460 e. The summed E-state index contributed by atoms with van der Waals surface area (Å²) in [6, 6.07) is 50.9. The molecule has 0 saturated heterocycles. The molecule has 58 heavy (non-hydrogen) atoms. The van der Waals surface area contributed by atoms with Crippen LogP contribution in [0, 0.1) is 5.92 Å². The van der Waals surface area contributed by atoms with Crippen molar-refractivity contribution in [2.45, 2.75) is 31.2 Å². The normalized spacial score (nSPS) is 19.0. The number of furan rings is 1. The van der Waals surface area contributed by atoms with Gasteiger partial charge in [-0.05, 0) is 78.6 Å². The molecular formula is C54H40N2OS. The van der Waals surface area contributed by atoms with Crippen LogP contribution in [0.3, 0.4) is 0 Å². The third-order valence-corrected chi connectivity index (χ3v) is 13.8. The molecule has 3 nitrogen and oxygen atoms in total. The molecule has 0 saturated carbocycles. The Labute approximate surface area is 341 Å². The minimum atomic E-state index is 0.174. The Bertz CT molecular complexity index is 3240. The predicted molar refractivity (Wildman–Crippen MR) is 245 cm³/mol. The first-order valence-electron chi connectivity index (χ1n) is 20.5. The number of anilines is 1. The molecule has 0 amide bonds. The quantitative estimate of drug-likeness (QED) is 0.168. The molecule has 0 aliphatic heterocycles. The van der Waals surface area contributed by atoms with Gasteiger partial charge >= 0.3 is 0 Å². The number of hydrogen-bond donors (Lipinski definition) is 0. The number of hydrogen-bond acceptors (Lipinski definition) is 3. The van der Waals surface area contributed by atoms with Crippen LogP contribution in [-0.2, 0) is 6.42 Å². The molecule has 9 aromatic rings. The van der Waals surface area contributed by atoms with Gasteiger partial charge in [0.2, 0.25) is 0 Å². The summed E-state index contributed by atoms with van der Waals surface area (Å²) in [6.45, 7) is 0. The maximum absolute atomic E-state index is 6.35. The van der Waals surface area contributed by atoms with Crippen molar-refractivity contribution in [3.05, 3.63) is 210 Å². The fourth-order valence-corrected chi connectivity index (χ4v) is 11.0. The minimum absolute atomic E-state index is 0.174. The van der Waals surface area contributed by atoms with Gasteiger partial charge in [0, 0.05) is 71.5 Å². The highest BCUT2D eigenvalue weighted by Gasteiger charge is 2.28. The Kier molecular flexibility index (Phi) is 7.80. The standard InChI is InChI=1S/C54H40N2OS/c1-2-11-39(12-3-1)56-47-16-7-4-13-42(47)43-31-25-37(33-49(43)56)35-21-27-40(28-22-35)55(48-17-10-20-53-54(48)46-15-6-9-19-52(46)58-53)41-29-23-36(24-30-41)38-26-32-45-44-14-5-8-18-50(44)57-51(45)34-38/h1-21,23-29,31-33,35,38,41H,22,30,34H2. The molecular weight excluding hydrogens is 725 g/mol. The Morgan fingerprint density at radius 1 is 0.586 bits per heavy atom. The second kappa shape index (κ2) is 13.5. The van der Waals surface area contributed by atoms with E-state index in [0.29, 0.717) is 5.92 Å². The molecule has 3 atom stereocenters. The zero-order valence-corrected chi connectivity index (χ0v) is 32.8. The number of allylic oxidation sites excluding steroid dienone is 6. The Morgan fingerprint density at radius 2 is 1.36 bits per heavy atom. The first-order chi connectivity index (χ1) is 28.7. The van der Waals surface area contributed by atoms with Gasteiger partial charge in [-0.1, -0.05) is 134 Å².